The van der Waals surface area contributed by atoms with E-state index in [1.165, 1.54) is 30.5 Å². The lowest BCUT2D eigenvalue weighted by atomic mass is 9.70. The molecule has 0 spiro atoms. The number of halogens is 2. The number of aliphatic hydroxyl groups is 2. The number of aromatic nitrogens is 3. The fraction of sp³-hybridized carbons (Fsp3) is 0.525. The molecule has 12 heteroatoms. The van der Waals surface area contributed by atoms with E-state index in [2.05, 4.69) is 20.8 Å². The van der Waals surface area contributed by atoms with Crippen LogP contribution in [0.2, 0.25) is 0 Å². The Labute approximate surface area is 301 Å². The monoisotopic (exact) mass is 713 g/mol. The smallest absolute Gasteiger partial charge is 0.319 e. The van der Waals surface area contributed by atoms with Crippen molar-refractivity contribution in [2.45, 2.75) is 76.0 Å². The van der Waals surface area contributed by atoms with E-state index in [1.807, 2.05) is 11.8 Å². The summed E-state index contributed by atoms with van der Waals surface area (Å²) in [5.74, 6) is 1.60. The number of pyridine rings is 1. The molecule has 2 aromatic carbocycles. The minimum atomic E-state index is -1.20. The van der Waals surface area contributed by atoms with Crippen LogP contribution < -0.4 is 9.64 Å². The van der Waals surface area contributed by atoms with E-state index in [-0.39, 0.29) is 58.1 Å². The maximum Gasteiger partial charge on any atom is 0.319 e. The summed E-state index contributed by atoms with van der Waals surface area (Å²) in [6, 6.07) is 5.79. The number of aromatic hydroxyl groups is 1. The number of fused-ring (bicyclic) bond motifs is 3. The summed E-state index contributed by atoms with van der Waals surface area (Å²) >= 11 is 0. The van der Waals surface area contributed by atoms with E-state index in [9.17, 15) is 19.7 Å². The van der Waals surface area contributed by atoms with Crippen molar-refractivity contribution in [1.82, 2.24) is 19.9 Å². The van der Waals surface area contributed by atoms with E-state index in [4.69, 9.17) is 20.9 Å². The topological polar surface area (TPSA) is 124 Å². The first kappa shape index (κ1) is 34.9. The van der Waals surface area contributed by atoms with Gasteiger partial charge in [0.15, 0.2) is 5.82 Å². The van der Waals surface area contributed by atoms with Gasteiger partial charge in [0.2, 0.25) is 0 Å². The summed E-state index contributed by atoms with van der Waals surface area (Å²) in [5.41, 5.74) is -2.04. The number of ether oxygens (including phenoxy) is 2. The van der Waals surface area contributed by atoms with Crippen molar-refractivity contribution in [2.75, 3.05) is 50.9 Å². The first-order chi connectivity index (χ1) is 24.9. The molecule has 0 amide bonds. The van der Waals surface area contributed by atoms with Crippen LogP contribution in [0.4, 0.5) is 14.6 Å². The first-order valence-corrected chi connectivity index (χ1v) is 18.3. The number of phenols is 1. The fourth-order valence-electron chi connectivity index (χ4n) is 9.54. The zero-order chi connectivity index (χ0) is 36.4. The molecule has 4 aliphatic rings. The van der Waals surface area contributed by atoms with Gasteiger partial charge in [-0.15, -0.1) is 6.42 Å². The quantitative estimate of drug-likeness (QED) is 0.210. The summed E-state index contributed by atoms with van der Waals surface area (Å²) < 4.78 is 44.2. The summed E-state index contributed by atoms with van der Waals surface area (Å²) in [4.78, 5) is 18.4. The predicted molar refractivity (Wildman–Crippen MR) is 193 cm³/mol. The van der Waals surface area contributed by atoms with Gasteiger partial charge in [0, 0.05) is 41.7 Å². The van der Waals surface area contributed by atoms with Gasteiger partial charge in [0.25, 0.3) is 0 Å². The molecule has 2 aliphatic carbocycles. The van der Waals surface area contributed by atoms with Gasteiger partial charge in [-0.2, -0.15) is 9.97 Å². The van der Waals surface area contributed by atoms with E-state index in [0.29, 0.717) is 48.3 Å². The molecular formula is C40H45F2N5O5. The highest BCUT2D eigenvalue weighted by Gasteiger charge is 2.50. The third kappa shape index (κ3) is 6.31. The van der Waals surface area contributed by atoms with Crippen LogP contribution in [-0.4, -0.2) is 98.4 Å². The highest BCUT2D eigenvalue weighted by atomic mass is 19.1. The van der Waals surface area contributed by atoms with Crippen LogP contribution in [0.5, 0.6) is 11.8 Å². The van der Waals surface area contributed by atoms with E-state index < -0.39 is 22.8 Å². The van der Waals surface area contributed by atoms with Crippen LogP contribution in [0.1, 0.15) is 64.4 Å². The number of hydrogen-bond donors (Lipinski definition) is 3. The second-order valence-corrected chi connectivity index (χ2v) is 16.1. The molecule has 2 aliphatic heterocycles. The fourth-order valence-corrected chi connectivity index (χ4v) is 9.54. The largest absolute Gasteiger partial charge is 0.508 e. The van der Waals surface area contributed by atoms with Gasteiger partial charge in [0.05, 0.1) is 42.9 Å². The van der Waals surface area contributed by atoms with Crippen molar-refractivity contribution in [1.29, 1.82) is 0 Å². The zero-order valence-corrected chi connectivity index (χ0v) is 29.7. The molecule has 3 atom stereocenters. The number of β-amino-alcohol motifs (C(OH)–C–C–N with tert-alkyl or cyclic N) is 1. The van der Waals surface area contributed by atoms with Crippen LogP contribution in [0.15, 0.2) is 30.5 Å². The van der Waals surface area contributed by atoms with E-state index >= 15 is 4.39 Å². The number of anilines is 1. The first-order valence-electron chi connectivity index (χ1n) is 18.3. The zero-order valence-electron chi connectivity index (χ0n) is 29.7. The molecule has 2 aromatic heterocycles. The number of hydrogen-bond acceptors (Lipinski definition) is 10. The summed E-state index contributed by atoms with van der Waals surface area (Å²) in [6.45, 7) is 6.93. The summed E-state index contributed by atoms with van der Waals surface area (Å²) in [7, 11) is 0. The highest BCUT2D eigenvalue weighted by Crippen LogP contribution is 2.49. The Morgan fingerprint density at radius 2 is 1.88 bits per heavy atom. The number of benzene rings is 2. The molecule has 0 radical (unpaired) electrons. The minimum absolute atomic E-state index is 0.00618. The normalized spacial score (nSPS) is 29.4. The van der Waals surface area contributed by atoms with Gasteiger partial charge in [-0.05, 0) is 88.4 Å². The SMILES string of the molecule is C#Cc1c(F)ccc2cc(O)cc(-c3ncc4c(N5CCOC[C@@](C)(O)C5)nc(OCC56CCC[C@H]5N(CC5CC(C)(O)C5)CCC6)nc4c3F)c12. The lowest BCUT2D eigenvalue weighted by Crippen LogP contribution is -2.55. The van der Waals surface area contributed by atoms with Crippen LogP contribution in [0.3, 0.4) is 0 Å². The Morgan fingerprint density at radius 3 is 2.67 bits per heavy atom. The van der Waals surface area contributed by atoms with Crippen molar-refractivity contribution in [3.8, 4) is 35.4 Å². The Hall–Kier alpha value is -4.15. The van der Waals surface area contributed by atoms with Gasteiger partial charge >= 0.3 is 6.01 Å². The average Bonchev–Trinajstić information content (AvgIpc) is 3.44. The standard InChI is InChI=1S/C40H45F2N5O5/c1-4-27-30(41)9-8-25-15-26(48)16-28(32(25)27)34-33(42)35-29(19-43-34)36(47-13-14-51-22-39(3,50)21-47)45-37(44-35)52-23-40-10-5-7-31(40)46(12-6-11-40)20-24-17-38(2,49)18-24/h1,8-9,15-16,19,24,31,48-50H,5-7,10-14,17-18,20-23H2,2-3H3/t24?,31-,38?,39+,40?/m1/s1. The lowest BCUT2D eigenvalue weighted by molar-refractivity contribution is -0.0823. The molecule has 0 bridgehead atoms. The van der Waals surface area contributed by atoms with Crippen LogP contribution in [0.25, 0.3) is 32.9 Å². The van der Waals surface area contributed by atoms with Crippen molar-refractivity contribution < 1.29 is 33.6 Å². The molecule has 8 rings (SSSR count). The number of terminal acetylenes is 1. The Morgan fingerprint density at radius 1 is 1.08 bits per heavy atom. The molecule has 4 heterocycles. The molecule has 4 aromatic rings. The van der Waals surface area contributed by atoms with Crippen molar-refractivity contribution >= 4 is 27.5 Å². The molecule has 2 saturated heterocycles. The molecule has 4 fully saturated rings. The van der Waals surface area contributed by atoms with Gasteiger partial charge in [-0.1, -0.05) is 18.4 Å². The number of nitrogens with zero attached hydrogens (tertiary/aromatic N) is 5. The summed E-state index contributed by atoms with van der Waals surface area (Å²) in [6.07, 6.45) is 14.0. The molecule has 2 saturated carbocycles. The molecular weight excluding hydrogens is 668 g/mol. The van der Waals surface area contributed by atoms with Gasteiger partial charge in [0.1, 0.15) is 34.2 Å². The van der Waals surface area contributed by atoms with Crippen LogP contribution >= 0.6 is 0 Å². The second kappa shape index (κ2) is 13.1. The molecule has 52 heavy (non-hydrogen) atoms. The average molecular weight is 714 g/mol. The Bertz CT molecular complexity index is 2080. The highest BCUT2D eigenvalue weighted by molar-refractivity contribution is 6.03. The van der Waals surface area contributed by atoms with Gasteiger partial charge < -0.3 is 29.7 Å². The van der Waals surface area contributed by atoms with Crippen LogP contribution in [-0.2, 0) is 4.74 Å². The number of phenolic OH excluding ortho intramolecular Hbond substituents is 1. The summed E-state index contributed by atoms with van der Waals surface area (Å²) in [5, 5.41) is 33.0. The molecule has 3 N–H and O–H groups in total. The maximum atomic E-state index is 17.0. The van der Waals surface area contributed by atoms with Crippen molar-refractivity contribution in [3.05, 3.63) is 47.7 Å². The second-order valence-electron chi connectivity index (χ2n) is 16.1. The predicted octanol–water partition coefficient (Wildman–Crippen LogP) is 5.57. The molecule has 10 nitrogen and oxygen atoms in total. The molecule has 274 valence electrons. The number of likely N-dealkylation sites (tertiary alicyclic amines) is 1. The Balaban J connectivity index is 1.20. The van der Waals surface area contributed by atoms with E-state index in [0.717, 1.165) is 58.0 Å². The van der Waals surface area contributed by atoms with Crippen molar-refractivity contribution in [2.24, 2.45) is 11.3 Å². The number of rotatable bonds is 7. The lowest BCUT2D eigenvalue weighted by Gasteiger charge is -2.50. The maximum absolute atomic E-state index is 17.0. The van der Waals surface area contributed by atoms with E-state index in [1.54, 1.807) is 6.92 Å². The molecule has 1 unspecified atom stereocenters. The van der Waals surface area contributed by atoms with Crippen LogP contribution in [0, 0.1) is 35.3 Å². The third-order valence-electron chi connectivity index (χ3n) is 11.7. The Kier molecular flexibility index (Phi) is 8.77. The number of piperidine rings is 1. The minimum Gasteiger partial charge on any atom is -0.508 e. The van der Waals surface area contributed by atoms with Gasteiger partial charge in [-0.3, -0.25) is 9.88 Å². The van der Waals surface area contributed by atoms with Gasteiger partial charge in [-0.25, -0.2) is 8.78 Å². The third-order valence-corrected chi connectivity index (χ3v) is 11.7. The van der Waals surface area contributed by atoms with Crippen molar-refractivity contribution in [3.63, 3.8) is 0 Å².